The van der Waals surface area contributed by atoms with Gasteiger partial charge in [-0.25, -0.2) is 0 Å². The van der Waals surface area contributed by atoms with Gasteiger partial charge in [-0.3, -0.25) is 4.79 Å². The van der Waals surface area contributed by atoms with Gasteiger partial charge in [0.05, 0.1) is 28.7 Å². The van der Waals surface area contributed by atoms with E-state index in [0.717, 1.165) is 23.9 Å². The lowest BCUT2D eigenvalue weighted by Crippen LogP contribution is -2.05. The Morgan fingerprint density at radius 2 is 2.08 bits per heavy atom. The Bertz CT molecular complexity index is 959. The first-order chi connectivity index (χ1) is 11.8. The molecule has 25 heavy (non-hydrogen) atoms. The van der Waals surface area contributed by atoms with E-state index >= 15 is 0 Å². The summed E-state index contributed by atoms with van der Waals surface area (Å²) in [6.45, 7) is 0. The summed E-state index contributed by atoms with van der Waals surface area (Å²) in [6.07, 6.45) is -1.45. The molecular formula is C15H9BrF3N3O2S. The Morgan fingerprint density at radius 1 is 1.32 bits per heavy atom. The molecule has 0 unspecified atom stereocenters. The molecule has 0 spiro atoms. The topological polar surface area (TPSA) is 68.0 Å². The highest BCUT2D eigenvalue weighted by Gasteiger charge is 2.31. The van der Waals surface area contributed by atoms with E-state index in [2.05, 4.69) is 26.1 Å². The smallest absolute Gasteiger partial charge is 0.416 e. The fourth-order valence-corrected chi connectivity index (χ4v) is 3.51. The molecule has 0 bridgehead atoms. The first-order valence-electron chi connectivity index (χ1n) is 6.82. The van der Waals surface area contributed by atoms with E-state index < -0.39 is 17.7 Å². The van der Waals surface area contributed by atoms with Crippen molar-refractivity contribution in [2.45, 2.75) is 11.2 Å². The van der Waals surface area contributed by atoms with Crippen molar-refractivity contribution < 1.29 is 23.1 Å². The molecule has 0 radical (unpaired) electrons. The Morgan fingerprint density at radius 3 is 2.76 bits per heavy atom. The zero-order chi connectivity index (χ0) is 18.2. The maximum Gasteiger partial charge on any atom is 0.416 e. The number of fused-ring (bicyclic) bond motifs is 1. The van der Waals surface area contributed by atoms with Crippen LogP contribution in [-0.2, 0) is 11.0 Å². The molecule has 3 aromatic rings. The van der Waals surface area contributed by atoms with Crippen molar-refractivity contribution in [1.82, 2.24) is 14.8 Å². The molecular weight excluding hydrogens is 423 g/mol. The van der Waals surface area contributed by atoms with E-state index in [1.807, 2.05) is 0 Å². The molecule has 1 N–H and O–H groups in total. The predicted octanol–water partition coefficient (Wildman–Crippen LogP) is 4.38. The fraction of sp³-hybridized carbons (Fsp3) is 0.133. The summed E-state index contributed by atoms with van der Waals surface area (Å²) in [7, 11) is 0. The minimum absolute atomic E-state index is 0.236. The van der Waals surface area contributed by atoms with Gasteiger partial charge in [-0.05, 0) is 34.1 Å². The Kier molecular flexibility index (Phi) is 4.74. The van der Waals surface area contributed by atoms with Gasteiger partial charge in [0.25, 0.3) is 0 Å². The van der Waals surface area contributed by atoms with Gasteiger partial charge in [0, 0.05) is 16.1 Å². The lowest BCUT2D eigenvalue weighted by molar-refractivity contribution is -0.137. The number of carboxylic acid groups (broad SMARTS) is 1. The van der Waals surface area contributed by atoms with E-state index in [4.69, 9.17) is 5.11 Å². The highest BCUT2D eigenvalue weighted by atomic mass is 79.9. The number of rotatable bonds is 4. The van der Waals surface area contributed by atoms with Crippen LogP contribution in [0.2, 0.25) is 0 Å². The van der Waals surface area contributed by atoms with Gasteiger partial charge in [0.15, 0.2) is 0 Å². The van der Waals surface area contributed by atoms with Crippen molar-refractivity contribution in [2.24, 2.45) is 0 Å². The molecule has 0 saturated carbocycles. The maximum atomic E-state index is 13.0. The molecule has 0 aliphatic carbocycles. The predicted molar refractivity (Wildman–Crippen MR) is 89.9 cm³/mol. The molecule has 5 nitrogen and oxygen atoms in total. The molecule has 0 aliphatic heterocycles. The van der Waals surface area contributed by atoms with E-state index in [0.29, 0.717) is 26.1 Å². The monoisotopic (exact) mass is 431 g/mol. The molecule has 0 amide bonds. The van der Waals surface area contributed by atoms with Crippen LogP contribution in [0.15, 0.2) is 46.2 Å². The second kappa shape index (κ2) is 6.68. The number of thioether (sulfide) groups is 1. The van der Waals surface area contributed by atoms with E-state index in [1.165, 1.54) is 16.8 Å². The summed E-state index contributed by atoms with van der Waals surface area (Å²) in [5.41, 5.74) is 0.0109. The van der Waals surface area contributed by atoms with Crippen LogP contribution in [0.3, 0.4) is 0 Å². The Labute approximate surface area is 152 Å². The van der Waals surface area contributed by atoms with Crippen LogP contribution in [-0.4, -0.2) is 31.6 Å². The number of benzene rings is 1. The zero-order valence-electron chi connectivity index (χ0n) is 12.3. The number of carbonyl (C=O) groups is 1. The number of nitrogens with zero attached hydrogens (tertiary/aromatic N) is 3. The molecule has 10 heteroatoms. The highest BCUT2D eigenvalue weighted by molar-refractivity contribution is 9.10. The molecule has 0 fully saturated rings. The number of aliphatic carboxylic acids is 1. The Balaban J connectivity index is 2.17. The minimum Gasteiger partial charge on any atom is -0.481 e. The number of alkyl halides is 3. The first-order valence-corrected chi connectivity index (χ1v) is 8.59. The fourth-order valence-electron chi connectivity index (χ4n) is 2.29. The summed E-state index contributed by atoms with van der Waals surface area (Å²) < 4.78 is 41.2. The lowest BCUT2D eigenvalue weighted by Gasteiger charge is -2.11. The third kappa shape index (κ3) is 3.64. The van der Waals surface area contributed by atoms with Gasteiger partial charge < -0.3 is 9.67 Å². The van der Waals surface area contributed by atoms with Crippen molar-refractivity contribution >= 4 is 44.6 Å². The van der Waals surface area contributed by atoms with Gasteiger partial charge in [-0.2, -0.15) is 18.3 Å². The summed E-state index contributed by atoms with van der Waals surface area (Å²) in [5, 5.41) is 17.4. The summed E-state index contributed by atoms with van der Waals surface area (Å²) in [5.74, 6) is -1.26. The van der Waals surface area contributed by atoms with Crippen LogP contribution in [0.25, 0.3) is 16.6 Å². The molecule has 0 saturated heterocycles. The van der Waals surface area contributed by atoms with E-state index in [9.17, 15) is 18.0 Å². The lowest BCUT2D eigenvalue weighted by atomic mass is 10.1. The number of halogens is 4. The number of carboxylic acids is 1. The van der Waals surface area contributed by atoms with Gasteiger partial charge in [-0.1, -0.05) is 17.8 Å². The second-order valence-electron chi connectivity index (χ2n) is 4.98. The van der Waals surface area contributed by atoms with E-state index in [-0.39, 0.29) is 5.75 Å². The molecule has 3 rings (SSSR count). The molecule has 2 heterocycles. The highest BCUT2D eigenvalue weighted by Crippen LogP contribution is 2.36. The summed E-state index contributed by atoms with van der Waals surface area (Å²) in [4.78, 5) is 10.8. The van der Waals surface area contributed by atoms with Crippen molar-refractivity contribution in [3.8, 4) is 5.69 Å². The van der Waals surface area contributed by atoms with E-state index in [1.54, 1.807) is 12.3 Å². The average Bonchev–Trinajstić information content (AvgIpc) is 2.89. The number of hydrogen-bond donors (Lipinski definition) is 1. The molecule has 1 aromatic carbocycles. The van der Waals surface area contributed by atoms with Crippen LogP contribution >= 0.6 is 27.7 Å². The molecule has 0 atom stereocenters. The second-order valence-corrected chi connectivity index (χ2v) is 6.80. The Hall–Kier alpha value is -2.07. The normalized spacial score (nSPS) is 11.8. The van der Waals surface area contributed by atoms with Crippen molar-refractivity contribution in [1.29, 1.82) is 0 Å². The van der Waals surface area contributed by atoms with Crippen LogP contribution in [0.4, 0.5) is 13.2 Å². The number of hydrogen-bond acceptors (Lipinski definition) is 4. The standard InChI is InChI=1S/C15H9BrF3N3O2S/c16-10-6-22(11-3-4-20-21-14(11)25-7-13(23)24)12-5-8(15(17,18)19)1-2-9(10)12/h1-6H,7H2,(H,23,24). The third-order valence-corrected chi connectivity index (χ3v) is 4.93. The molecule has 130 valence electrons. The van der Waals surface area contributed by atoms with Crippen LogP contribution in [0.1, 0.15) is 5.56 Å². The molecule has 2 aromatic heterocycles. The quantitative estimate of drug-likeness (QED) is 0.620. The summed E-state index contributed by atoms with van der Waals surface area (Å²) >= 11 is 4.28. The van der Waals surface area contributed by atoms with Crippen molar-refractivity contribution in [3.05, 3.63) is 46.7 Å². The summed E-state index contributed by atoms with van der Waals surface area (Å²) in [6, 6.07) is 5.02. The van der Waals surface area contributed by atoms with Gasteiger partial charge >= 0.3 is 12.1 Å². The minimum atomic E-state index is -4.47. The third-order valence-electron chi connectivity index (χ3n) is 3.34. The van der Waals surface area contributed by atoms with Gasteiger partial charge in [-0.15, -0.1) is 5.10 Å². The van der Waals surface area contributed by atoms with Gasteiger partial charge in [0.2, 0.25) is 0 Å². The zero-order valence-corrected chi connectivity index (χ0v) is 14.7. The first kappa shape index (κ1) is 17.7. The van der Waals surface area contributed by atoms with Crippen LogP contribution in [0, 0.1) is 0 Å². The molecule has 0 aliphatic rings. The largest absolute Gasteiger partial charge is 0.481 e. The number of aromatic nitrogens is 3. The average molecular weight is 432 g/mol. The van der Waals surface area contributed by atoms with Gasteiger partial charge in [0.1, 0.15) is 5.03 Å². The van der Waals surface area contributed by atoms with Crippen LogP contribution < -0.4 is 0 Å². The van der Waals surface area contributed by atoms with Crippen LogP contribution in [0.5, 0.6) is 0 Å². The van der Waals surface area contributed by atoms with Crippen molar-refractivity contribution in [2.75, 3.05) is 5.75 Å². The SMILES string of the molecule is O=C(O)CSc1nnccc1-n1cc(Br)c2ccc(C(F)(F)F)cc21. The van der Waals surface area contributed by atoms with Crippen molar-refractivity contribution in [3.63, 3.8) is 0 Å². The maximum absolute atomic E-state index is 13.0.